The predicted octanol–water partition coefficient (Wildman–Crippen LogP) is -2.43. The van der Waals surface area contributed by atoms with E-state index in [-0.39, 0.29) is 18.5 Å². The van der Waals surface area contributed by atoms with Gasteiger partial charge in [0, 0.05) is 6.04 Å². The maximum Gasteiger partial charge on any atom is 0.234 e. The number of carbonyl (C=O) groups excluding carboxylic acids is 1. The average Bonchev–Trinajstić information content (AvgIpc) is 3.05. The Kier molecular flexibility index (Phi) is 4.46. The van der Waals surface area contributed by atoms with Crippen LogP contribution in [0.5, 0.6) is 0 Å². The van der Waals surface area contributed by atoms with E-state index in [1.807, 2.05) is 0 Å². The Morgan fingerprint density at radius 1 is 1.20 bits per heavy atom. The zero-order chi connectivity index (χ0) is 11.3. The van der Waals surface area contributed by atoms with Crippen LogP contribution in [0.2, 0.25) is 0 Å². The minimum atomic E-state index is -1.18. The molecule has 0 aliphatic heterocycles. The van der Waals surface area contributed by atoms with E-state index >= 15 is 0 Å². The summed E-state index contributed by atoms with van der Waals surface area (Å²) in [6, 6.07) is 0.283. The molecule has 1 fully saturated rings. The third-order valence-electron chi connectivity index (χ3n) is 2.47. The van der Waals surface area contributed by atoms with E-state index in [1.54, 1.807) is 0 Å². The lowest BCUT2D eigenvalue weighted by molar-refractivity contribution is -0.121. The van der Waals surface area contributed by atoms with Crippen molar-refractivity contribution in [2.75, 3.05) is 26.4 Å². The van der Waals surface area contributed by atoms with Gasteiger partial charge in [0.2, 0.25) is 5.91 Å². The van der Waals surface area contributed by atoms with Gasteiger partial charge in [0.05, 0.1) is 31.9 Å². The minimum absolute atomic E-state index is 0.0157. The third-order valence-corrected chi connectivity index (χ3v) is 2.47. The van der Waals surface area contributed by atoms with Crippen molar-refractivity contribution in [2.24, 2.45) is 0 Å². The summed E-state index contributed by atoms with van der Waals surface area (Å²) in [5.41, 5.74) is -1.18. The summed E-state index contributed by atoms with van der Waals surface area (Å²) in [5.74, 6) is -0.183. The van der Waals surface area contributed by atoms with Crippen LogP contribution in [0.4, 0.5) is 0 Å². The molecule has 1 saturated carbocycles. The molecule has 0 aromatic rings. The first-order chi connectivity index (χ1) is 7.15. The number of hydrogen-bond acceptors (Lipinski definition) is 5. The molecule has 6 nitrogen and oxygen atoms in total. The second kappa shape index (κ2) is 5.41. The third kappa shape index (κ3) is 3.75. The molecular formula is C9H18N2O4. The molecule has 0 aromatic carbocycles. The second-order valence-corrected chi connectivity index (χ2v) is 3.95. The SMILES string of the molecule is O=C(CNC(CO)(CO)CO)NC1CC1. The van der Waals surface area contributed by atoms with E-state index in [9.17, 15) is 4.79 Å². The van der Waals surface area contributed by atoms with E-state index in [2.05, 4.69) is 10.6 Å². The number of aliphatic hydroxyl groups excluding tert-OH is 3. The van der Waals surface area contributed by atoms with Crippen LogP contribution in [0.3, 0.4) is 0 Å². The molecule has 0 atom stereocenters. The molecule has 1 amide bonds. The van der Waals surface area contributed by atoms with Crippen molar-refractivity contribution in [3.63, 3.8) is 0 Å². The smallest absolute Gasteiger partial charge is 0.234 e. The maximum absolute atomic E-state index is 11.3. The number of aliphatic hydroxyl groups is 3. The second-order valence-electron chi connectivity index (χ2n) is 3.95. The molecule has 0 unspecified atom stereocenters. The molecule has 0 radical (unpaired) electrons. The standard InChI is InChI=1S/C9H18N2O4/c12-4-9(5-13,6-14)10-3-8(15)11-7-1-2-7/h7,10,12-14H,1-6H2,(H,11,15). The van der Waals surface area contributed by atoms with Crippen molar-refractivity contribution in [1.82, 2.24) is 10.6 Å². The number of rotatable bonds is 7. The number of amides is 1. The Bertz CT molecular complexity index is 206. The van der Waals surface area contributed by atoms with Gasteiger partial charge in [-0.2, -0.15) is 0 Å². The first-order valence-electron chi connectivity index (χ1n) is 5.03. The van der Waals surface area contributed by atoms with Crippen LogP contribution in [0.15, 0.2) is 0 Å². The molecule has 0 heterocycles. The van der Waals surface area contributed by atoms with Crippen molar-refractivity contribution in [1.29, 1.82) is 0 Å². The van der Waals surface area contributed by atoms with E-state index in [4.69, 9.17) is 15.3 Å². The van der Waals surface area contributed by atoms with Gasteiger partial charge < -0.3 is 20.6 Å². The van der Waals surface area contributed by atoms with Crippen LogP contribution in [0.1, 0.15) is 12.8 Å². The van der Waals surface area contributed by atoms with E-state index in [0.29, 0.717) is 0 Å². The van der Waals surface area contributed by atoms with Gasteiger partial charge in [-0.15, -0.1) is 0 Å². The quantitative estimate of drug-likeness (QED) is 0.327. The van der Waals surface area contributed by atoms with Gasteiger partial charge in [-0.3, -0.25) is 10.1 Å². The molecule has 1 aliphatic carbocycles. The monoisotopic (exact) mass is 218 g/mol. The van der Waals surface area contributed by atoms with Crippen LogP contribution < -0.4 is 10.6 Å². The fraction of sp³-hybridized carbons (Fsp3) is 0.889. The highest BCUT2D eigenvalue weighted by molar-refractivity contribution is 5.78. The summed E-state index contributed by atoms with van der Waals surface area (Å²) >= 11 is 0. The molecule has 0 spiro atoms. The van der Waals surface area contributed by atoms with Crippen LogP contribution in [-0.4, -0.2) is 59.2 Å². The number of hydrogen-bond donors (Lipinski definition) is 5. The summed E-state index contributed by atoms with van der Waals surface area (Å²) < 4.78 is 0. The zero-order valence-electron chi connectivity index (χ0n) is 8.57. The van der Waals surface area contributed by atoms with E-state index < -0.39 is 25.4 Å². The topological polar surface area (TPSA) is 102 Å². The summed E-state index contributed by atoms with van der Waals surface area (Å²) in [6.07, 6.45) is 2.02. The van der Waals surface area contributed by atoms with Crippen LogP contribution in [0, 0.1) is 0 Å². The Morgan fingerprint density at radius 2 is 1.73 bits per heavy atom. The van der Waals surface area contributed by atoms with Gasteiger partial charge >= 0.3 is 0 Å². The van der Waals surface area contributed by atoms with Gasteiger partial charge in [-0.25, -0.2) is 0 Å². The summed E-state index contributed by atoms with van der Waals surface area (Å²) in [5, 5.41) is 32.3. The lowest BCUT2D eigenvalue weighted by Crippen LogP contribution is -2.57. The van der Waals surface area contributed by atoms with Gasteiger partial charge in [-0.05, 0) is 12.8 Å². The Morgan fingerprint density at radius 3 is 2.13 bits per heavy atom. The van der Waals surface area contributed by atoms with E-state index in [0.717, 1.165) is 12.8 Å². The summed E-state index contributed by atoms with van der Waals surface area (Å²) in [6.45, 7) is -1.28. The highest BCUT2D eigenvalue weighted by Crippen LogP contribution is 2.18. The Hall–Kier alpha value is -0.690. The Labute approximate surface area is 88.3 Å². The highest BCUT2D eigenvalue weighted by atomic mass is 16.3. The molecule has 0 saturated heterocycles. The van der Waals surface area contributed by atoms with Gasteiger partial charge in [0.1, 0.15) is 0 Å². The first-order valence-corrected chi connectivity index (χ1v) is 5.03. The first kappa shape index (κ1) is 12.4. The fourth-order valence-corrected chi connectivity index (χ4v) is 1.09. The molecule has 88 valence electrons. The zero-order valence-corrected chi connectivity index (χ0v) is 8.57. The molecule has 1 rings (SSSR count). The van der Waals surface area contributed by atoms with Crippen molar-refractivity contribution in [3.8, 4) is 0 Å². The number of carbonyl (C=O) groups is 1. The fourth-order valence-electron chi connectivity index (χ4n) is 1.09. The van der Waals surface area contributed by atoms with E-state index in [1.165, 1.54) is 0 Å². The molecule has 15 heavy (non-hydrogen) atoms. The average molecular weight is 218 g/mol. The van der Waals surface area contributed by atoms with Gasteiger partial charge in [-0.1, -0.05) is 0 Å². The number of nitrogens with one attached hydrogen (secondary N) is 2. The van der Waals surface area contributed by atoms with Gasteiger partial charge in [0.15, 0.2) is 0 Å². The highest BCUT2D eigenvalue weighted by Gasteiger charge is 2.29. The van der Waals surface area contributed by atoms with Crippen LogP contribution in [0.25, 0.3) is 0 Å². The van der Waals surface area contributed by atoms with Crippen molar-refractivity contribution >= 4 is 5.91 Å². The lowest BCUT2D eigenvalue weighted by atomic mass is 10.0. The lowest BCUT2D eigenvalue weighted by Gasteiger charge is -2.28. The van der Waals surface area contributed by atoms with Crippen molar-refractivity contribution < 1.29 is 20.1 Å². The largest absolute Gasteiger partial charge is 0.394 e. The molecule has 6 heteroatoms. The molecule has 1 aliphatic rings. The predicted molar refractivity (Wildman–Crippen MR) is 53.2 cm³/mol. The molecule has 0 bridgehead atoms. The van der Waals surface area contributed by atoms with Crippen molar-refractivity contribution in [2.45, 2.75) is 24.4 Å². The summed E-state index contributed by atoms with van der Waals surface area (Å²) in [7, 11) is 0. The van der Waals surface area contributed by atoms with Gasteiger partial charge in [0.25, 0.3) is 0 Å². The molecular weight excluding hydrogens is 200 g/mol. The minimum Gasteiger partial charge on any atom is -0.394 e. The molecule has 0 aromatic heterocycles. The molecule has 5 N–H and O–H groups in total. The maximum atomic E-state index is 11.3. The Balaban J connectivity index is 2.28. The van der Waals surface area contributed by atoms with Crippen LogP contribution >= 0.6 is 0 Å². The van der Waals surface area contributed by atoms with Crippen LogP contribution in [-0.2, 0) is 4.79 Å². The van der Waals surface area contributed by atoms with Crippen molar-refractivity contribution in [3.05, 3.63) is 0 Å². The normalized spacial score (nSPS) is 16.5. The summed E-state index contributed by atoms with van der Waals surface area (Å²) in [4.78, 5) is 11.3.